The lowest BCUT2D eigenvalue weighted by Gasteiger charge is -2.41. The first-order valence-electron chi connectivity index (χ1n) is 10.8. The molecule has 5 atom stereocenters. The molecule has 1 aromatic heterocycles. The minimum atomic E-state index is -0.485. The molecule has 5 rings (SSSR count). The number of halogens is 1. The molecule has 1 saturated carbocycles. The van der Waals surface area contributed by atoms with Crippen LogP contribution in [-0.2, 0) is 20.9 Å². The minimum absolute atomic E-state index is 0.0617. The lowest BCUT2D eigenvalue weighted by molar-refractivity contribution is -0.139. The van der Waals surface area contributed by atoms with Crippen LogP contribution in [0.5, 0.6) is 0 Å². The number of fused-ring (bicyclic) bond motifs is 1. The largest absolute Gasteiger partial charge is 0.483 e. The topological polar surface area (TPSA) is 59.5 Å². The maximum absolute atomic E-state index is 13.8. The minimum Gasteiger partial charge on any atom is -0.483 e. The molecule has 1 aromatic carbocycles. The van der Waals surface area contributed by atoms with Crippen molar-refractivity contribution in [2.45, 2.75) is 45.4 Å². The number of ether oxygens (including phenoxy) is 1. The zero-order valence-corrected chi connectivity index (χ0v) is 18.4. The predicted molar refractivity (Wildman–Crippen MR) is 117 cm³/mol. The summed E-state index contributed by atoms with van der Waals surface area (Å²) in [6.45, 7) is 4.66. The van der Waals surface area contributed by atoms with E-state index in [0.717, 1.165) is 24.0 Å². The van der Waals surface area contributed by atoms with Crippen molar-refractivity contribution in [3.05, 3.63) is 76.3 Å². The number of hydrogen-bond acceptors (Lipinski definition) is 4. The van der Waals surface area contributed by atoms with Crippen LogP contribution in [0.1, 0.15) is 43.9 Å². The quantitative estimate of drug-likeness (QED) is 0.698. The maximum Gasteiger partial charge on any atom is 0.290 e. The SMILES string of the molecule is CC1CC(C)C2OC3=C(C(=O)C2C1)C(c1ccc(Cl)cc1)N(Cc1cccnc1)C3=O. The average molecular weight is 437 g/mol. The summed E-state index contributed by atoms with van der Waals surface area (Å²) in [4.78, 5) is 33.2. The van der Waals surface area contributed by atoms with Crippen LogP contribution in [0.3, 0.4) is 0 Å². The van der Waals surface area contributed by atoms with E-state index in [2.05, 4.69) is 18.8 Å². The van der Waals surface area contributed by atoms with Crippen LogP contribution in [0.4, 0.5) is 0 Å². The lowest BCUT2D eigenvalue weighted by atomic mass is 9.70. The van der Waals surface area contributed by atoms with Gasteiger partial charge >= 0.3 is 0 Å². The Labute approximate surface area is 187 Å². The van der Waals surface area contributed by atoms with Crippen LogP contribution in [0.25, 0.3) is 0 Å². The molecule has 3 aliphatic rings. The first kappa shape index (κ1) is 20.3. The molecule has 2 aliphatic heterocycles. The van der Waals surface area contributed by atoms with Gasteiger partial charge in [-0.1, -0.05) is 43.6 Å². The molecule has 0 radical (unpaired) electrons. The van der Waals surface area contributed by atoms with Crippen LogP contribution < -0.4 is 0 Å². The van der Waals surface area contributed by atoms with Crippen molar-refractivity contribution < 1.29 is 14.3 Å². The Bertz CT molecular complexity index is 1050. The molecule has 0 N–H and O–H groups in total. The molecular weight excluding hydrogens is 412 g/mol. The molecule has 3 heterocycles. The van der Waals surface area contributed by atoms with Crippen molar-refractivity contribution in [1.29, 1.82) is 0 Å². The van der Waals surface area contributed by atoms with Gasteiger partial charge in [0.25, 0.3) is 5.91 Å². The van der Waals surface area contributed by atoms with Gasteiger partial charge < -0.3 is 9.64 Å². The number of rotatable bonds is 3. The van der Waals surface area contributed by atoms with Gasteiger partial charge in [-0.3, -0.25) is 14.6 Å². The van der Waals surface area contributed by atoms with E-state index in [0.29, 0.717) is 23.1 Å². The Kier molecular flexibility index (Phi) is 5.09. The number of hydrogen-bond donors (Lipinski definition) is 0. The predicted octanol–water partition coefficient (Wildman–Crippen LogP) is 4.72. The highest BCUT2D eigenvalue weighted by Gasteiger charge is 2.53. The summed E-state index contributed by atoms with van der Waals surface area (Å²) in [5.41, 5.74) is 2.26. The van der Waals surface area contributed by atoms with Crippen molar-refractivity contribution in [1.82, 2.24) is 9.88 Å². The smallest absolute Gasteiger partial charge is 0.290 e. The number of amides is 1. The molecule has 2 aromatic rings. The van der Waals surface area contributed by atoms with Crippen molar-refractivity contribution in [3.8, 4) is 0 Å². The van der Waals surface area contributed by atoms with Gasteiger partial charge in [-0.15, -0.1) is 0 Å². The second kappa shape index (κ2) is 7.79. The van der Waals surface area contributed by atoms with Gasteiger partial charge in [0.1, 0.15) is 6.10 Å². The van der Waals surface area contributed by atoms with Crippen LogP contribution in [0.2, 0.25) is 5.02 Å². The molecule has 5 unspecified atom stereocenters. The molecule has 6 heteroatoms. The van der Waals surface area contributed by atoms with Crippen molar-refractivity contribution in [2.75, 3.05) is 0 Å². The van der Waals surface area contributed by atoms with Crippen LogP contribution in [-0.4, -0.2) is 27.7 Å². The molecule has 160 valence electrons. The molecule has 0 spiro atoms. The highest BCUT2D eigenvalue weighted by Crippen LogP contribution is 2.49. The summed E-state index contributed by atoms with van der Waals surface area (Å²) in [7, 11) is 0. The highest BCUT2D eigenvalue weighted by molar-refractivity contribution is 6.30. The second-order valence-corrected chi connectivity index (χ2v) is 9.53. The number of carbonyl (C=O) groups excluding carboxylic acids is 2. The Morgan fingerprint density at radius 2 is 1.90 bits per heavy atom. The summed E-state index contributed by atoms with van der Waals surface area (Å²) in [5, 5.41) is 0.613. The number of carbonyl (C=O) groups is 2. The summed E-state index contributed by atoms with van der Waals surface area (Å²) in [6, 6.07) is 10.7. The summed E-state index contributed by atoms with van der Waals surface area (Å²) >= 11 is 6.11. The second-order valence-electron chi connectivity index (χ2n) is 9.10. The van der Waals surface area contributed by atoms with E-state index in [1.165, 1.54) is 0 Å². The van der Waals surface area contributed by atoms with Gasteiger partial charge in [-0.05, 0) is 54.0 Å². The van der Waals surface area contributed by atoms with E-state index in [1.54, 1.807) is 29.4 Å². The van der Waals surface area contributed by atoms with Gasteiger partial charge in [0.15, 0.2) is 11.5 Å². The Morgan fingerprint density at radius 3 is 2.61 bits per heavy atom. The fraction of sp³-hybridized carbons (Fsp3) is 0.400. The molecule has 1 amide bonds. The fourth-order valence-electron chi connectivity index (χ4n) is 5.47. The maximum atomic E-state index is 13.8. The number of ketones is 1. The highest BCUT2D eigenvalue weighted by atomic mass is 35.5. The van der Waals surface area contributed by atoms with Gasteiger partial charge in [0.2, 0.25) is 0 Å². The fourth-order valence-corrected chi connectivity index (χ4v) is 5.59. The summed E-state index contributed by atoms with van der Waals surface area (Å²) in [5.74, 6) is 0.572. The number of benzene rings is 1. The average Bonchev–Trinajstić information content (AvgIpc) is 3.03. The zero-order chi connectivity index (χ0) is 21.7. The summed E-state index contributed by atoms with van der Waals surface area (Å²) < 4.78 is 6.33. The van der Waals surface area contributed by atoms with E-state index in [-0.39, 0.29) is 35.4 Å². The van der Waals surface area contributed by atoms with E-state index >= 15 is 0 Å². The third kappa shape index (κ3) is 3.45. The zero-order valence-electron chi connectivity index (χ0n) is 17.6. The first-order chi connectivity index (χ1) is 14.9. The molecule has 0 bridgehead atoms. The molecular formula is C25H25ClN2O3. The third-order valence-corrected chi connectivity index (χ3v) is 7.04. The molecule has 1 fully saturated rings. The van der Waals surface area contributed by atoms with Gasteiger partial charge in [-0.25, -0.2) is 0 Å². The lowest BCUT2D eigenvalue weighted by Crippen LogP contribution is -2.45. The van der Waals surface area contributed by atoms with E-state index in [9.17, 15) is 9.59 Å². The molecule has 31 heavy (non-hydrogen) atoms. The van der Waals surface area contributed by atoms with E-state index in [4.69, 9.17) is 16.3 Å². The van der Waals surface area contributed by atoms with Crippen molar-refractivity contribution >= 4 is 23.3 Å². The normalized spacial score (nSPS) is 30.2. The van der Waals surface area contributed by atoms with Crippen LogP contribution in [0.15, 0.2) is 60.1 Å². The van der Waals surface area contributed by atoms with E-state index in [1.807, 2.05) is 24.3 Å². The standard InChI is InChI=1S/C25H25ClN2O3/c1-14-10-15(2)23-19(11-14)22(29)20-21(17-5-7-18(26)8-6-17)28(25(30)24(20)31-23)13-16-4-3-9-27-12-16/h3-9,12,14-15,19,21,23H,10-11,13H2,1-2H3. The monoisotopic (exact) mass is 436 g/mol. The number of nitrogens with zero attached hydrogens (tertiary/aromatic N) is 2. The molecule has 5 nitrogen and oxygen atoms in total. The van der Waals surface area contributed by atoms with Crippen molar-refractivity contribution in [2.24, 2.45) is 17.8 Å². The van der Waals surface area contributed by atoms with Crippen LogP contribution in [0, 0.1) is 17.8 Å². The number of Topliss-reactive ketones (excluding diaryl/α,β-unsaturated/α-hetero) is 1. The van der Waals surface area contributed by atoms with Crippen LogP contribution >= 0.6 is 11.6 Å². The van der Waals surface area contributed by atoms with Crippen molar-refractivity contribution in [3.63, 3.8) is 0 Å². The molecule has 1 aliphatic carbocycles. The Balaban J connectivity index is 1.59. The van der Waals surface area contributed by atoms with Gasteiger partial charge in [0.05, 0.1) is 17.5 Å². The van der Waals surface area contributed by atoms with Gasteiger partial charge in [0, 0.05) is 24.0 Å². The Hall–Kier alpha value is -2.66. The third-order valence-electron chi connectivity index (χ3n) is 6.79. The number of pyridine rings is 1. The number of aromatic nitrogens is 1. The van der Waals surface area contributed by atoms with E-state index < -0.39 is 6.04 Å². The van der Waals surface area contributed by atoms with Gasteiger partial charge in [-0.2, -0.15) is 0 Å². The Morgan fingerprint density at radius 1 is 1.13 bits per heavy atom. The molecule has 0 saturated heterocycles. The first-order valence-corrected chi connectivity index (χ1v) is 11.2. The summed E-state index contributed by atoms with van der Waals surface area (Å²) in [6.07, 6.45) is 5.03.